The van der Waals surface area contributed by atoms with E-state index in [1.54, 1.807) is 22.1 Å². The smallest absolute Gasteiger partial charge is 0.282 e. The molecule has 0 aromatic carbocycles. The van der Waals surface area contributed by atoms with E-state index in [0.717, 1.165) is 13.1 Å². The molecule has 3 fully saturated rings. The molecule has 3 saturated heterocycles. The number of hydrogen-bond donors (Lipinski definition) is 0. The third-order valence-corrected chi connectivity index (χ3v) is 8.19. The Labute approximate surface area is 177 Å². The monoisotopic (exact) mass is 439 g/mol. The van der Waals surface area contributed by atoms with Crippen molar-refractivity contribution in [3.05, 3.63) is 24.2 Å². The second-order valence-electron chi connectivity index (χ2n) is 8.19. The summed E-state index contributed by atoms with van der Waals surface area (Å²) in [5.74, 6) is 0.190. The first-order chi connectivity index (χ1) is 14.3. The molecule has 1 aromatic heterocycles. The molecule has 10 nitrogen and oxygen atoms in total. The fourth-order valence-corrected chi connectivity index (χ4v) is 5.84. The third kappa shape index (κ3) is 4.39. The number of likely N-dealkylation sites (N-methyl/N-ethyl adjacent to an activating group) is 1. The molecule has 2 amide bonds. The van der Waals surface area contributed by atoms with Gasteiger partial charge in [-0.2, -0.15) is 17.0 Å². The summed E-state index contributed by atoms with van der Waals surface area (Å²) < 4.78 is 34.1. The normalized spacial score (nSPS) is 25.2. The molecule has 1 atom stereocenters. The number of piperazine rings is 2. The van der Waals surface area contributed by atoms with Crippen LogP contribution in [0.15, 0.2) is 22.8 Å². The third-order valence-electron chi connectivity index (χ3n) is 6.16. The lowest BCUT2D eigenvalue weighted by Crippen LogP contribution is -2.57. The summed E-state index contributed by atoms with van der Waals surface area (Å²) >= 11 is 0. The Morgan fingerprint density at radius 1 is 1.07 bits per heavy atom. The molecule has 30 heavy (non-hydrogen) atoms. The largest absolute Gasteiger partial charge is 0.467 e. The Morgan fingerprint density at radius 3 is 2.30 bits per heavy atom. The number of rotatable bonds is 5. The number of nitrogens with zero attached hydrogens (tertiary/aromatic N) is 5. The molecular weight excluding hydrogens is 410 g/mol. The Kier molecular flexibility index (Phi) is 6.14. The Morgan fingerprint density at radius 2 is 1.70 bits per heavy atom. The lowest BCUT2D eigenvalue weighted by atomic mass is 10.1. The first-order valence-corrected chi connectivity index (χ1v) is 11.8. The lowest BCUT2D eigenvalue weighted by Gasteiger charge is -2.39. The molecule has 11 heteroatoms. The summed E-state index contributed by atoms with van der Waals surface area (Å²) in [6.07, 6.45) is 1.76. The predicted octanol–water partition coefficient (Wildman–Crippen LogP) is -0.735. The van der Waals surface area contributed by atoms with E-state index in [4.69, 9.17) is 4.42 Å². The minimum absolute atomic E-state index is 0.0546. The highest BCUT2D eigenvalue weighted by molar-refractivity contribution is 7.86. The highest BCUT2D eigenvalue weighted by Crippen LogP contribution is 2.23. The van der Waals surface area contributed by atoms with Gasteiger partial charge in [0.15, 0.2) is 0 Å². The van der Waals surface area contributed by atoms with Gasteiger partial charge in [0, 0.05) is 65.3 Å². The molecule has 0 spiro atoms. The molecule has 0 saturated carbocycles. The Bertz CT molecular complexity index is 858. The van der Waals surface area contributed by atoms with Crippen LogP contribution < -0.4 is 0 Å². The summed E-state index contributed by atoms with van der Waals surface area (Å²) in [7, 11) is -1.51. The average molecular weight is 440 g/mol. The zero-order valence-electron chi connectivity index (χ0n) is 17.3. The van der Waals surface area contributed by atoms with Gasteiger partial charge in [-0.15, -0.1) is 0 Å². The van der Waals surface area contributed by atoms with Crippen LogP contribution in [0.5, 0.6) is 0 Å². The molecule has 1 unspecified atom stereocenters. The minimum atomic E-state index is -3.49. The Balaban J connectivity index is 1.30. The van der Waals surface area contributed by atoms with E-state index < -0.39 is 10.2 Å². The summed E-state index contributed by atoms with van der Waals surface area (Å²) in [6, 6.07) is 3.58. The van der Waals surface area contributed by atoms with Crippen molar-refractivity contribution < 1.29 is 22.4 Å². The van der Waals surface area contributed by atoms with Crippen LogP contribution in [0.25, 0.3) is 0 Å². The fourth-order valence-electron chi connectivity index (χ4n) is 4.26. The van der Waals surface area contributed by atoms with Crippen LogP contribution in [0, 0.1) is 5.92 Å². The van der Waals surface area contributed by atoms with Gasteiger partial charge < -0.3 is 19.1 Å². The molecule has 0 aliphatic carbocycles. The van der Waals surface area contributed by atoms with Crippen molar-refractivity contribution in [1.82, 2.24) is 23.3 Å². The first-order valence-electron chi connectivity index (χ1n) is 10.4. The molecule has 0 radical (unpaired) electrons. The number of carbonyl (C=O) groups excluding carboxylic acids is 2. The zero-order chi connectivity index (χ0) is 21.3. The summed E-state index contributed by atoms with van der Waals surface area (Å²) in [5, 5.41) is 0. The van der Waals surface area contributed by atoms with Gasteiger partial charge in [0.25, 0.3) is 10.2 Å². The van der Waals surface area contributed by atoms with Gasteiger partial charge in [-0.1, -0.05) is 0 Å². The van der Waals surface area contributed by atoms with Gasteiger partial charge >= 0.3 is 0 Å². The number of hydrogen-bond acceptors (Lipinski definition) is 6. The van der Waals surface area contributed by atoms with Gasteiger partial charge in [-0.05, 0) is 19.2 Å². The van der Waals surface area contributed by atoms with E-state index in [2.05, 4.69) is 4.90 Å². The minimum Gasteiger partial charge on any atom is -0.467 e. The first kappa shape index (κ1) is 21.3. The van der Waals surface area contributed by atoms with Crippen molar-refractivity contribution in [3.63, 3.8) is 0 Å². The van der Waals surface area contributed by atoms with E-state index in [-0.39, 0.29) is 37.2 Å². The van der Waals surface area contributed by atoms with Crippen molar-refractivity contribution in [2.75, 3.05) is 66.0 Å². The maximum atomic E-state index is 12.9. The summed E-state index contributed by atoms with van der Waals surface area (Å²) in [5.41, 5.74) is 0. The highest BCUT2D eigenvalue weighted by atomic mass is 32.2. The van der Waals surface area contributed by atoms with E-state index in [0.29, 0.717) is 45.0 Å². The Hall–Kier alpha value is -1.95. The van der Waals surface area contributed by atoms with E-state index >= 15 is 0 Å². The van der Waals surface area contributed by atoms with E-state index in [1.807, 2.05) is 13.1 Å². The van der Waals surface area contributed by atoms with Crippen LogP contribution in [-0.4, -0.2) is 109 Å². The number of furan rings is 1. The van der Waals surface area contributed by atoms with Crippen LogP contribution in [0.4, 0.5) is 0 Å². The highest BCUT2D eigenvalue weighted by Gasteiger charge is 2.39. The number of likely N-dealkylation sites (tertiary alicyclic amines) is 1. The number of amides is 2. The molecule has 0 bridgehead atoms. The van der Waals surface area contributed by atoms with E-state index in [1.165, 1.54) is 8.61 Å². The van der Waals surface area contributed by atoms with Crippen LogP contribution in [0.2, 0.25) is 0 Å². The lowest BCUT2D eigenvalue weighted by molar-refractivity contribution is -0.137. The van der Waals surface area contributed by atoms with Crippen LogP contribution in [0.1, 0.15) is 12.2 Å². The standard InChI is InChI=1S/C19H29N5O5S/c1-20-4-8-23(9-5-20)30(27,28)24-10-6-21(7-11-24)19(26)16-13-18(25)22(14-16)15-17-3-2-12-29-17/h2-3,12,16H,4-11,13-15H2,1H3. The molecule has 4 rings (SSSR count). The van der Waals surface area contributed by atoms with E-state index in [9.17, 15) is 18.0 Å². The molecule has 4 heterocycles. The van der Waals surface area contributed by atoms with Gasteiger partial charge in [-0.3, -0.25) is 9.59 Å². The van der Waals surface area contributed by atoms with Gasteiger partial charge in [0.1, 0.15) is 5.76 Å². The SMILES string of the molecule is CN1CCN(S(=O)(=O)N2CCN(C(=O)C3CC(=O)N(Cc4ccco4)C3)CC2)CC1. The van der Waals surface area contributed by atoms with Gasteiger partial charge in [0.05, 0.1) is 18.7 Å². The molecule has 0 N–H and O–H groups in total. The van der Waals surface area contributed by atoms with Crippen LogP contribution >= 0.6 is 0 Å². The molecule has 166 valence electrons. The molecule has 1 aromatic rings. The molecule has 3 aliphatic heterocycles. The average Bonchev–Trinajstić information content (AvgIpc) is 3.38. The molecule has 3 aliphatic rings. The van der Waals surface area contributed by atoms with Crippen LogP contribution in [-0.2, 0) is 26.3 Å². The van der Waals surface area contributed by atoms with Crippen molar-refractivity contribution in [3.8, 4) is 0 Å². The van der Waals surface area contributed by atoms with Crippen molar-refractivity contribution in [1.29, 1.82) is 0 Å². The summed E-state index contributed by atoms with van der Waals surface area (Å²) in [6.45, 7) is 4.47. The maximum Gasteiger partial charge on any atom is 0.282 e. The fraction of sp³-hybridized carbons (Fsp3) is 0.684. The van der Waals surface area contributed by atoms with Gasteiger partial charge in [0.2, 0.25) is 11.8 Å². The number of carbonyl (C=O) groups is 2. The second kappa shape index (κ2) is 8.66. The van der Waals surface area contributed by atoms with Crippen molar-refractivity contribution in [2.45, 2.75) is 13.0 Å². The van der Waals surface area contributed by atoms with Crippen molar-refractivity contribution >= 4 is 22.0 Å². The quantitative estimate of drug-likeness (QED) is 0.600. The van der Waals surface area contributed by atoms with Crippen LogP contribution in [0.3, 0.4) is 0 Å². The maximum absolute atomic E-state index is 12.9. The summed E-state index contributed by atoms with van der Waals surface area (Å²) in [4.78, 5) is 30.7. The zero-order valence-corrected chi connectivity index (χ0v) is 18.1. The van der Waals surface area contributed by atoms with Crippen molar-refractivity contribution in [2.24, 2.45) is 5.92 Å². The molecular formula is C19H29N5O5S. The topological polar surface area (TPSA) is 97.6 Å². The van der Waals surface area contributed by atoms with Gasteiger partial charge in [-0.25, -0.2) is 0 Å². The predicted molar refractivity (Wildman–Crippen MR) is 108 cm³/mol. The second-order valence-corrected chi connectivity index (χ2v) is 10.1.